The fraction of sp³-hybridized carbons (Fsp3) is 0.226. The minimum atomic E-state index is -3.98. The highest BCUT2D eigenvalue weighted by Gasteiger charge is 2.33. The predicted molar refractivity (Wildman–Crippen MR) is 158 cm³/mol. The number of fused-ring (bicyclic) bond motifs is 1. The molecule has 0 aliphatic heterocycles. The van der Waals surface area contributed by atoms with Gasteiger partial charge in [0, 0.05) is 31.6 Å². The van der Waals surface area contributed by atoms with Crippen molar-refractivity contribution in [2.45, 2.75) is 30.8 Å². The molecule has 0 radical (unpaired) electrons. The van der Waals surface area contributed by atoms with E-state index in [2.05, 4.69) is 5.32 Å². The maximum atomic E-state index is 13.9. The summed E-state index contributed by atoms with van der Waals surface area (Å²) in [4.78, 5) is 28.7. The molecule has 2 amide bonds. The summed E-state index contributed by atoms with van der Waals surface area (Å²) in [5.41, 5.74) is 1.64. The molecule has 0 saturated heterocycles. The van der Waals surface area contributed by atoms with Crippen LogP contribution < -0.4 is 5.32 Å². The average Bonchev–Trinajstić information content (AvgIpc) is 2.96. The van der Waals surface area contributed by atoms with Crippen LogP contribution in [0.3, 0.4) is 0 Å². The number of sulfonamides is 1. The Bertz CT molecular complexity index is 1580. The van der Waals surface area contributed by atoms with Crippen molar-refractivity contribution in [3.8, 4) is 0 Å². The first-order valence-electron chi connectivity index (χ1n) is 13.0. The van der Waals surface area contributed by atoms with Crippen LogP contribution in [0.2, 0.25) is 5.02 Å². The van der Waals surface area contributed by atoms with E-state index in [1.54, 1.807) is 36.4 Å². The lowest BCUT2D eigenvalue weighted by atomic mass is 10.0. The van der Waals surface area contributed by atoms with Gasteiger partial charge in [0.1, 0.15) is 6.04 Å². The lowest BCUT2D eigenvalue weighted by Gasteiger charge is -2.32. The fourth-order valence-electron chi connectivity index (χ4n) is 4.51. The highest BCUT2D eigenvalue weighted by molar-refractivity contribution is 7.89. The number of benzene rings is 4. The molecule has 0 aliphatic carbocycles. The Kier molecular flexibility index (Phi) is 9.58. The summed E-state index contributed by atoms with van der Waals surface area (Å²) < 4.78 is 28.0. The second-order valence-corrected chi connectivity index (χ2v) is 12.0. The predicted octanol–water partition coefficient (Wildman–Crippen LogP) is 4.89. The summed E-state index contributed by atoms with van der Waals surface area (Å²) >= 11 is 6.07. The summed E-state index contributed by atoms with van der Waals surface area (Å²) in [5.74, 6) is -0.803. The summed E-state index contributed by atoms with van der Waals surface area (Å²) in [6, 6.07) is 27.9. The van der Waals surface area contributed by atoms with Crippen LogP contribution in [0.15, 0.2) is 102 Å². The molecular formula is C31H32ClN3O4S. The second-order valence-electron chi connectivity index (χ2n) is 9.52. The summed E-state index contributed by atoms with van der Waals surface area (Å²) in [7, 11) is -2.61. The molecule has 1 atom stereocenters. The van der Waals surface area contributed by atoms with Crippen LogP contribution in [-0.2, 0) is 32.6 Å². The third-order valence-corrected chi connectivity index (χ3v) is 8.73. The number of rotatable bonds is 11. The van der Waals surface area contributed by atoms with Crippen molar-refractivity contribution in [1.29, 1.82) is 0 Å². The van der Waals surface area contributed by atoms with Crippen molar-refractivity contribution in [3.63, 3.8) is 0 Å². The van der Waals surface area contributed by atoms with E-state index in [4.69, 9.17) is 11.6 Å². The van der Waals surface area contributed by atoms with Crippen molar-refractivity contribution in [2.75, 3.05) is 20.1 Å². The number of halogens is 1. The standard InChI is InChI=1S/C31H32ClN3O4S/c1-3-33-31(37)29(19-23-9-5-4-6-10-23)35(21-24-13-16-27(32)17-14-24)30(36)22-34(2)40(38,39)28-18-15-25-11-7-8-12-26(25)20-28/h4-18,20,29H,3,19,21-22H2,1-2H3,(H,33,37)/t29-/m1/s1. The molecule has 4 aromatic rings. The quantitative estimate of drug-likeness (QED) is 0.275. The lowest BCUT2D eigenvalue weighted by molar-refractivity contribution is -0.141. The summed E-state index contributed by atoms with van der Waals surface area (Å²) in [6.07, 6.45) is 0.271. The molecule has 0 unspecified atom stereocenters. The third-order valence-electron chi connectivity index (χ3n) is 6.68. The number of nitrogens with zero attached hydrogens (tertiary/aromatic N) is 2. The molecule has 1 N–H and O–H groups in total. The van der Waals surface area contributed by atoms with Crippen LogP contribution in [-0.4, -0.2) is 55.6 Å². The van der Waals surface area contributed by atoms with Crippen LogP contribution in [0.1, 0.15) is 18.1 Å². The normalized spacial score (nSPS) is 12.3. The van der Waals surface area contributed by atoms with E-state index in [1.165, 1.54) is 18.0 Å². The zero-order valence-electron chi connectivity index (χ0n) is 22.5. The van der Waals surface area contributed by atoms with Gasteiger partial charge in [-0.1, -0.05) is 84.4 Å². The van der Waals surface area contributed by atoms with E-state index in [9.17, 15) is 18.0 Å². The van der Waals surface area contributed by atoms with Gasteiger partial charge in [-0.2, -0.15) is 4.31 Å². The zero-order chi connectivity index (χ0) is 28.7. The zero-order valence-corrected chi connectivity index (χ0v) is 24.0. The van der Waals surface area contributed by atoms with E-state index >= 15 is 0 Å². The van der Waals surface area contributed by atoms with Gasteiger partial charge >= 0.3 is 0 Å². The van der Waals surface area contributed by atoms with E-state index in [0.29, 0.717) is 11.6 Å². The van der Waals surface area contributed by atoms with Crippen molar-refractivity contribution in [1.82, 2.24) is 14.5 Å². The number of carbonyl (C=O) groups is 2. The van der Waals surface area contributed by atoms with Gasteiger partial charge in [0.2, 0.25) is 21.8 Å². The van der Waals surface area contributed by atoms with Gasteiger partial charge < -0.3 is 10.2 Å². The third kappa shape index (κ3) is 7.07. The van der Waals surface area contributed by atoms with E-state index in [1.807, 2.05) is 61.5 Å². The second kappa shape index (κ2) is 13.1. The Morgan fingerprint density at radius 1 is 0.850 bits per heavy atom. The highest BCUT2D eigenvalue weighted by atomic mass is 35.5. The van der Waals surface area contributed by atoms with Gasteiger partial charge in [-0.3, -0.25) is 9.59 Å². The van der Waals surface area contributed by atoms with Gasteiger partial charge in [0.15, 0.2) is 0 Å². The van der Waals surface area contributed by atoms with Gasteiger partial charge in [-0.25, -0.2) is 8.42 Å². The summed E-state index contributed by atoms with van der Waals surface area (Å²) in [6.45, 7) is 1.87. The molecule has 0 bridgehead atoms. The van der Waals surface area contributed by atoms with Gasteiger partial charge in [0.05, 0.1) is 11.4 Å². The molecule has 208 valence electrons. The first-order chi connectivity index (χ1) is 19.2. The van der Waals surface area contributed by atoms with Crippen LogP contribution in [0.4, 0.5) is 0 Å². The number of amides is 2. The van der Waals surface area contributed by atoms with Crippen LogP contribution >= 0.6 is 11.6 Å². The van der Waals surface area contributed by atoms with Crippen molar-refractivity contribution >= 4 is 44.2 Å². The molecule has 40 heavy (non-hydrogen) atoms. The molecule has 0 saturated carbocycles. The maximum absolute atomic E-state index is 13.9. The Labute approximate surface area is 240 Å². The molecular weight excluding hydrogens is 546 g/mol. The highest BCUT2D eigenvalue weighted by Crippen LogP contribution is 2.22. The van der Waals surface area contributed by atoms with Crippen LogP contribution in [0.25, 0.3) is 10.8 Å². The molecule has 0 heterocycles. The van der Waals surface area contributed by atoms with Crippen molar-refractivity contribution in [3.05, 3.63) is 113 Å². The monoisotopic (exact) mass is 577 g/mol. The maximum Gasteiger partial charge on any atom is 0.243 e. The molecule has 0 aromatic heterocycles. The molecule has 7 nitrogen and oxygen atoms in total. The molecule has 9 heteroatoms. The number of likely N-dealkylation sites (N-methyl/N-ethyl adjacent to an activating group) is 2. The number of nitrogens with one attached hydrogen (secondary N) is 1. The van der Waals surface area contributed by atoms with Crippen molar-refractivity contribution < 1.29 is 18.0 Å². The first kappa shape index (κ1) is 29.3. The molecule has 0 spiro atoms. The number of hydrogen-bond donors (Lipinski definition) is 1. The number of hydrogen-bond acceptors (Lipinski definition) is 4. The Morgan fingerprint density at radius 2 is 1.50 bits per heavy atom. The molecule has 0 fully saturated rings. The summed E-state index contributed by atoms with van der Waals surface area (Å²) in [5, 5.41) is 5.09. The van der Waals surface area contributed by atoms with E-state index in [-0.39, 0.29) is 23.8 Å². The van der Waals surface area contributed by atoms with E-state index < -0.39 is 28.5 Å². The van der Waals surface area contributed by atoms with Gasteiger partial charge in [0.25, 0.3) is 0 Å². The Hall–Kier alpha value is -3.72. The largest absolute Gasteiger partial charge is 0.355 e. The Morgan fingerprint density at radius 3 is 2.17 bits per heavy atom. The lowest BCUT2D eigenvalue weighted by Crippen LogP contribution is -2.53. The van der Waals surface area contributed by atoms with Crippen LogP contribution in [0.5, 0.6) is 0 Å². The SMILES string of the molecule is CCNC(=O)[C@@H](Cc1ccccc1)N(Cc1ccc(Cl)cc1)C(=O)CN(C)S(=O)(=O)c1ccc2ccccc2c1. The van der Waals surface area contributed by atoms with Crippen LogP contribution in [0, 0.1) is 0 Å². The number of carbonyl (C=O) groups excluding carboxylic acids is 2. The molecule has 4 rings (SSSR count). The van der Waals surface area contributed by atoms with Gasteiger partial charge in [-0.15, -0.1) is 0 Å². The smallest absolute Gasteiger partial charge is 0.243 e. The average molecular weight is 578 g/mol. The fourth-order valence-corrected chi connectivity index (χ4v) is 5.79. The minimum absolute atomic E-state index is 0.0929. The Balaban J connectivity index is 1.65. The molecule has 0 aliphatic rings. The van der Waals surface area contributed by atoms with Gasteiger partial charge in [-0.05, 0) is 53.1 Å². The molecule has 4 aromatic carbocycles. The minimum Gasteiger partial charge on any atom is -0.355 e. The van der Waals surface area contributed by atoms with Crippen molar-refractivity contribution in [2.24, 2.45) is 0 Å². The first-order valence-corrected chi connectivity index (χ1v) is 14.8. The van der Waals surface area contributed by atoms with E-state index in [0.717, 1.165) is 26.2 Å². The topological polar surface area (TPSA) is 86.8 Å².